The Hall–Kier alpha value is -3.43. The van der Waals surface area contributed by atoms with Crippen LogP contribution in [0.2, 0.25) is 5.02 Å². The molecule has 3 aromatic rings. The number of hydrogen-bond donors (Lipinski definition) is 2. The molecule has 6 nitrogen and oxygen atoms in total. The highest BCUT2D eigenvalue weighted by Gasteiger charge is 2.11. The lowest BCUT2D eigenvalue weighted by Gasteiger charge is -2.09. The third kappa shape index (κ3) is 3.97. The van der Waals surface area contributed by atoms with Gasteiger partial charge in [-0.15, -0.1) is 0 Å². The van der Waals surface area contributed by atoms with E-state index in [1.807, 2.05) is 13.0 Å². The van der Waals surface area contributed by atoms with Crippen LogP contribution in [0.5, 0.6) is 0 Å². The van der Waals surface area contributed by atoms with Gasteiger partial charge < -0.3 is 10.6 Å². The molecular formula is C19H14ClN5O. The Balaban J connectivity index is 1.71. The number of carbonyl (C=O) groups excluding carboxylic acids is 1. The Morgan fingerprint density at radius 2 is 1.96 bits per heavy atom. The first-order valence-electron chi connectivity index (χ1n) is 7.72. The minimum atomic E-state index is -0.374. The lowest BCUT2D eigenvalue weighted by Crippen LogP contribution is -2.15. The molecule has 128 valence electrons. The molecule has 0 saturated carbocycles. The zero-order chi connectivity index (χ0) is 18.5. The molecule has 7 heteroatoms. The summed E-state index contributed by atoms with van der Waals surface area (Å²) in [5.74, 6) is 0.0940. The van der Waals surface area contributed by atoms with Crippen molar-refractivity contribution in [1.29, 1.82) is 5.26 Å². The standard InChI is InChI=1S/C19H14ClN5O/c1-12-15(20)6-3-7-16(12)25-19(26)17-10-23-18(11-22-17)24-14-5-2-4-13(8-14)9-21/h2-8,10-11H,1H3,(H,23,24)(H,25,26). The summed E-state index contributed by atoms with van der Waals surface area (Å²) in [4.78, 5) is 20.6. The van der Waals surface area contributed by atoms with Crippen LogP contribution in [0.1, 0.15) is 21.6 Å². The third-order valence-corrected chi connectivity index (χ3v) is 4.07. The minimum absolute atomic E-state index is 0.181. The molecule has 0 aliphatic rings. The average Bonchev–Trinajstić information content (AvgIpc) is 2.66. The van der Waals surface area contributed by atoms with Gasteiger partial charge in [-0.05, 0) is 42.8 Å². The summed E-state index contributed by atoms with van der Waals surface area (Å²) < 4.78 is 0. The van der Waals surface area contributed by atoms with E-state index in [1.54, 1.807) is 36.4 Å². The molecule has 0 saturated heterocycles. The van der Waals surface area contributed by atoms with Crippen LogP contribution >= 0.6 is 11.6 Å². The van der Waals surface area contributed by atoms with Crippen molar-refractivity contribution >= 4 is 34.7 Å². The number of benzene rings is 2. The smallest absolute Gasteiger partial charge is 0.275 e. The molecule has 0 atom stereocenters. The summed E-state index contributed by atoms with van der Waals surface area (Å²) in [5.41, 5.74) is 2.84. The number of nitrogens with zero attached hydrogens (tertiary/aromatic N) is 3. The summed E-state index contributed by atoms with van der Waals surface area (Å²) in [5, 5.41) is 15.3. The van der Waals surface area contributed by atoms with Gasteiger partial charge in [0.1, 0.15) is 11.5 Å². The molecule has 0 fully saturated rings. The Labute approximate surface area is 155 Å². The van der Waals surface area contributed by atoms with Gasteiger partial charge in [-0.3, -0.25) is 4.79 Å². The number of carbonyl (C=O) groups is 1. The summed E-state index contributed by atoms with van der Waals surface area (Å²) in [6.45, 7) is 1.83. The first-order valence-corrected chi connectivity index (χ1v) is 8.10. The quantitative estimate of drug-likeness (QED) is 0.720. The molecule has 0 aliphatic heterocycles. The number of nitriles is 1. The predicted octanol–water partition coefficient (Wildman–Crippen LogP) is 4.31. The second-order valence-electron chi connectivity index (χ2n) is 5.47. The summed E-state index contributed by atoms with van der Waals surface area (Å²) in [7, 11) is 0. The number of nitrogens with one attached hydrogen (secondary N) is 2. The minimum Gasteiger partial charge on any atom is -0.339 e. The van der Waals surface area contributed by atoms with Crippen LogP contribution in [-0.4, -0.2) is 15.9 Å². The molecule has 3 rings (SSSR count). The van der Waals surface area contributed by atoms with Gasteiger partial charge in [0.05, 0.1) is 24.0 Å². The van der Waals surface area contributed by atoms with Crippen molar-refractivity contribution in [3.05, 3.63) is 76.7 Å². The molecule has 0 spiro atoms. The van der Waals surface area contributed by atoms with Gasteiger partial charge in [0, 0.05) is 16.4 Å². The molecule has 1 aromatic heterocycles. The third-order valence-electron chi connectivity index (χ3n) is 3.66. The van der Waals surface area contributed by atoms with E-state index in [4.69, 9.17) is 16.9 Å². The van der Waals surface area contributed by atoms with Crippen LogP contribution in [0.15, 0.2) is 54.9 Å². The SMILES string of the molecule is Cc1c(Cl)cccc1NC(=O)c1cnc(Nc2cccc(C#N)c2)cn1. The Bertz CT molecular complexity index is 996. The van der Waals surface area contributed by atoms with Crippen molar-refractivity contribution in [2.45, 2.75) is 6.92 Å². The van der Waals surface area contributed by atoms with E-state index >= 15 is 0 Å². The van der Waals surface area contributed by atoms with Crippen molar-refractivity contribution in [3.63, 3.8) is 0 Å². The van der Waals surface area contributed by atoms with Gasteiger partial charge >= 0.3 is 0 Å². The second-order valence-corrected chi connectivity index (χ2v) is 5.88. The van der Waals surface area contributed by atoms with E-state index in [1.165, 1.54) is 12.4 Å². The largest absolute Gasteiger partial charge is 0.339 e. The molecular weight excluding hydrogens is 350 g/mol. The van der Waals surface area contributed by atoms with Crippen LogP contribution in [0.25, 0.3) is 0 Å². The van der Waals surface area contributed by atoms with Gasteiger partial charge in [0.25, 0.3) is 5.91 Å². The molecule has 0 unspecified atom stereocenters. The van der Waals surface area contributed by atoms with Crippen LogP contribution in [0.3, 0.4) is 0 Å². The fraction of sp³-hybridized carbons (Fsp3) is 0.0526. The zero-order valence-electron chi connectivity index (χ0n) is 13.8. The average molecular weight is 364 g/mol. The zero-order valence-corrected chi connectivity index (χ0v) is 14.6. The second kappa shape index (κ2) is 7.64. The van der Waals surface area contributed by atoms with Crippen LogP contribution in [0.4, 0.5) is 17.2 Å². The van der Waals surface area contributed by atoms with Crippen LogP contribution < -0.4 is 10.6 Å². The first-order chi connectivity index (χ1) is 12.6. The molecule has 2 N–H and O–H groups in total. The van der Waals surface area contributed by atoms with E-state index in [0.29, 0.717) is 27.8 Å². The maximum Gasteiger partial charge on any atom is 0.275 e. The topological polar surface area (TPSA) is 90.7 Å². The Kier molecular flexibility index (Phi) is 5.11. The Morgan fingerprint density at radius 3 is 2.69 bits per heavy atom. The lowest BCUT2D eigenvalue weighted by atomic mass is 10.2. The number of aromatic nitrogens is 2. The number of anilines is 3. The summed E-state index contributed by atoms with van der Waals surface area (Å²) in [6.07, 6.45) is 2.84. The van der Waals surface area contributed by atoms with E-state index in [0.717, 1.165) is 5.56 Å². The molecule has 0 bridgehead atoms. The van der Waals surface area contributed by atoms with Crippen LogP contribution in [-0.2, 0) is 0 Å². The monoisotopic (exact) mass is 363 g/mol. The summed E-state index contributed by atoms with van der Waals surface area (Å²) in [6, 6.07) is 14.3. The fourth-order valence-electron chi connectivity index (χ4n) is 2.25. The highest BCUT2D eigenvalue weighted by atomic mass is 35.5. The summed E-state index contributed by atoms with van der Waals surface area (Å²) >= 11 is 6.06. The van der Waals surface area contributed by atoms with E-state index in [9.17, 15) is 4.79 Å². The van der Waals surface area contributed by atoms with E-state index in [2.05, 4.69) is 26.7 Å². The van der Waals surface area contributed by atoms with E-state index in [-0.39, 0.29) is 11.6 Å². The van der Waals surface area contributed by atoms with Crippen molar-refractivity contribution in [2.24, 2.45) is 0 Å². The van der Waals surface area contributed by atoms with Gasteiger partial charge in [0.15, 0.2) is 0 Å². The number of rotatable bonds is 4. The van der Waals surface area contributed by atoms with Crippen molar-refractivity contribution in [1.82, 2.24) is 9.97 Å². The van der Waals surface area contributed by atoms with Gasteiger partial charge in [-0.2, -0.15) is 5.26 Å². The van der Waals surface area contributed by atoms with Crippen molar-refractivity contribution < 1.29 is 4.79 Å². The predicted molar refractivity (Wildman–Crippen MR) is 101 cm³/mol. The maximum absolute atomic E-state index is 12.3. The normalized spacial score (nSPS) is 10.0. The first kappa shape index (κ1) is 17.4. The van der Waals surface area contributed by atoms with Crippen molar-refractivity contribution in [2.75, 3.05) is 10.6 Å². The highest BCUT2D eigenvalue weighted by molar-refractivity contribution is 6.31. The van der Waals surface area contributed by atoms with Crippen molar-refractivity contribution in [3.8, 4) is 6.07 Å². The number of halogens is 1. The number of amides is 1. The van der Waals surface area contributed by atoms with Gasteiger partial charge in [-0.1, -0.05) is 23.7 Å². The molecule has 1 heterocycles. The molecule has 2 aromatic carbocycles. The molecule has 0 aliphatic carbocycles. The van der Waals surface area contributed by atoms with Gasteiger partial charge in [-0.25, -0.2) is 9.97 Å². The van der Waals surface area contributed by atoms with Crippen LogP contribution in [0, 0.1) is 18.3 Å². The molecule has 26 heavy (non-hydrogen) atoms. The highest BCUT2D eigenvalue weighted by Crippen LogP contribution is 2.23. The molecule has 0 radical (unpaired) electrons. The molecule has 1 amide bonds. The maximum atomic E-state index is 12.3. The lowest BCUT2D eigenvalue weighted by molar-refractivity contribution is 0.102. The van der Waals surface area contributed by atoms with E-state index < -0.39 is 0 Å². The van der Waals surface area contributed by atoms with Gasteiger partial charge in [0.2, 0.25) is 0 Å². The Morgan fingerprint density at radius 1 is 1.15 bits per heavy atom. The fourth-order valence-corrected chi connectivity index (χ4v) is 2.43. The number of hydrogen-bond acceptors (Lipinski definition) is 5.